The molecule has 2 amide bonds. The van der Waals surface area contributed by atoms with Gasteiger partial charge in [0.2, 0.25) is 0 Å². The van der Waals surface area contributed by atoms with Crippen molar-refractivity contribution in [2.45, 2.75) is 45.1 Å². The van der Waals surface area contributed by atoms with Crippen molar-refractivity contribution in [3.05, 3.63) is 29.8 Å². The van der Waals surface area contributed by atoms with Gasteiger partial charge in [0.25, 0.3) is 0 Å². The molecule has 1 aromatic carbocycles. The molecule has 0 atom stereocenters. The first-order valence-corrected chi connectivity index (χ1v) is 7.42. The molecule has 114 valence electrons. The van der Waals surface area contributed by atoms with Crippen LogP contribution in [0.15, 0.2) is 24.3 Å². The third-order valence-electron chi connectivity index (χ3n) is 3.96. The lowest BCUT2D eigenvalue weighted by molar-refractivity contribution is -0.136. The lowest BCUT2D eigenvalue weighted by atomic mass is 9.87. The number of hydrogen-bond donors (Lipinski definition) is 3. The molecule has 0 aliphatic heterocycles. The zero-order chi connectivity index (χ0) is 15.2. The van der Waals surface area contributed by atoms with E-state index in [-0.39, 0.29) is 18.5 Å². The van der Waals surface area contributed by atoms with Crippen LogP contribution in [0.5, 0.6) is 0 Å². The summed E-state index contributed by atoms with van der Waals surface area (Å²) in [6.07, 6.45) is 4.19. The summed E-state index contributed by atoms with van der Waals surface area (Å²) in [5.41, 5.74) is 1.17. The highest BCUT2D eigenvalue weighted by molar-refractivity contribution is 5.91. The summed E-state index contributed by atoms with van der Waals surface area (Å²) in [6, 6.07) is 6.94. The molecule has 1 aliphatic rings. The van der Waals surface area contributed by atoms with E-state index in [2.05, 4.69) is 17.6 Å². The highest BCUT2D eigenvalue weighted by Crippen LogP contribution is 2.23. The molecule has 0 unspecified atom stereocenters. The highest BCUT2D eigenvalue weighted by Gasteiger charge is 2.20. The smallest absolute Gasteiger partial charge is 0.319 e. The first kappa shape index (κ1) is 15.4. The van der Waals surface area contributed by atoms with Gasteiger partial charge < -0.3 is 15.7 Å². The van der Waals surface area contributed by atoms with E-state index in [0.29, 0.717) is 11.3 Å². The van der Waals surface area contributed by atoms with Crippen LogP contribution in [0, 0.1) is 5.92 Å². The topological polar surface area (TPSA) is 78.4 Å². The minimum Gasteiger partial charge on any atom is -0.481 e. The Morgan fingerprint density at radius 3 is 2.52 bits per heavy atom. The van der Waals surface area contributed by atoms with Crippen LogP contribution in [0.3, 0.4) is 0 Å². The van der Waals surface area contributed by atoms with Crippen molar-refractivity contribution in [3.63, 3.8) is 0 Å². The molecule has 5 nitrogen and oxygen atoms in total. The van der Waals surface area contributed by atoms with E-state index >= 15 is 0 Å². The standard InChI is InChI=1S/C16H22N2O3/c1-11-6-8-13(9-7-11)17-16(21)18-14-5-3-2-4-12(14)10-15(19)20/h2-5,11,13H,6-10H2,1H3,(H,19,20)(H2,17,18,21). The number of urea groups is 1. The Labute approximate surface area is 124 Å². The highest BCUT2D eigenvalue weighted by atomic mass is 16.4. The molecule has 1 saturated carbocycles. The zero-order valence-electron chi connectivity index (χ0n) is 12.3. The number of anilines is 1. The van der Waals surface area contributed by atoms with Gasteiger partial charge in [0, 0.05) is 11.7 Å². The summed E-state index contributed by atoms with van der Waals surface area (Å²) < 4.78 is 0. The van der Waals surface area contributed by atoms with Crippen molar-refractivity contribution in [1.82, 2.24) is 5.32 Å². The predicted molar refractivity (Wildman–Crippen MR) is 81.4 cm³/mol. The fraction of sp³-hybridized carbons (Fsp3) is 0.500. The molecule has 3 N–H and O–H groups in total. The number of carbonyl (C=O) groups is 2. The van der Waals surface area contributed by atoms with Crippen LogP contribution in [-0.4, -0.2) is 23.1 Å². The third kappa shape index (κ3) is 4.77. The van der Waals surface area contributed by atoms with E-state index in [9.17, 15) is 9.59 Å². The molecular formula is C16H22N2O3. The summed E-state index contributed by atoms with van der Waals surface area (Å²) in [4.78, 5) is 22.9. The number of hydrogen-bond acceptors (Lipinski definition) is 2. The number of carboxylic acids is 1. The predicted octanol–water partition coefficient (Wildman–Crippen LogP) is 3.01. The Kier molecular flexibility index (Phi) is 5.20. The van der Waals surface area contributed by atoms with Crippen molar-refractivity contribution in [3.8, 4) is 0 Å². The fourth-order valence-electron chi connectivity index (χ4n) is 2.71. The number of carbonyl (C=O) groups excluding carboxylic acids is 1. The summed E-state index contributed by atoms with van der Waals surface area (Å²) in [7, 11) is 0. The number of amides is 2. The van der Waals surface area contributed by atoms with Crippen LogP contribution < -0.4 is 10.6 Å². The third-order valence-corrected chi connectivity index (χ3v) is 3.96. The van der Waals surface area contributed by atoms with Gasteiger partial charge in [-0.3, -0.25) is 4.79 Å². The largest absolute Gasteiger partial charge is 0.481 e. The zero-order valence-corrected chi connectivity index (χ0v) is 12.3. The molecule has 21 heavy (non-hydrogen) atoms. The monoisotopic (exact) mass is 290 g/mol. The van der Waals surface area contributed by atoms with Crippen LogP contribution in [0.1, 0.15) is 38.2 Å². The SMILES string of the molecule is CC1CCC(NC(=O)Nc2ccccc2CC(=O)O)CC1. The maximum Gasteiger partial charge on any atom is 0.319 e. The lowest BCUT2D eigenvalue weighted by Crippen LogP contribution is -2.40. The summed E-state index contributed by atoms with van der Waals surface area (Å²) in [6.45, 7) is 2.23. The number of rotatable bonds is 4. The number of nitrogens with one attached hydrogen (secondary N) is 2. The first-order valence-electron chi connectivity index (χ1n) is 7.42. The molecule has 2 rings (SSSR count). The van der Waals surface area contributed by atoms with Gasteiger partial charge in [-0.25, -0.2) is 4.79 Å². The van der Waals surface area contributed by atoms with Crippen molar-refractivity contribution < 1.29 is 14.7 Å². The van der Waals surface area contributed by atoms with Crippen molar-refractivity contribution in [2.75, 3.05) is 5.32 Å². The van der Waals surface area contributed by atoms with Crippen molar-refractivity contribution in [1.29, 1.82) is 0 Å². The van der Waals surface area contributed by atoms with Crippen molar-refractivity contribution in [2.24, 2.45) is 5.92 Å². The van der Waals surface area contributed by atoms with E-state index in [1.807, 2.05) is 0 Å². The van der Waals surface area contributed by atoms with Gasteiger partial charge in [-0.2, -0.15) is 0 Å². The lowest BCUT2D eigenvalue weighted by Gasteiger charge is -2.27. The Balaban J connectivity index is 1.92. The van der Waals surface area contributed by atoms with Crippen LogP contribution in [0.2, 0.25) is 0 Å². The van der Waals surface area contributed by atoms with Gasteiger partial charge in [0.15, 0.2) is 0 Å². The summed E-state index contributed by atoms with van der Waals surface area (Å²) in [5.74, 6) is -0.173. The molecule has 1 aromatic rings. The minimum absolute atomic E-state index is 0.0998. The van der Waals surface area contributed by atoms with Crippen LogP contribution in [0.4, 0.5) is 10.5 Å². The minimum atomic E-state index is -0.911. The number of carboxylic acid groups (broad SMARTS) is 1. The Hall–Kier alpha value is -2.04. The number of aliphatic carboxylic acids is 1. The van der Waals surface area contributed by atoms with Gasteiger partial charge in [-0.15, -0.1) is 0 Å². The van der Waals surface area contributed by atoms with Gasteiger partial charge in [0.1, 0.15) is 0 Å². The first-order chi connectivity index (χ1) is 10.0. The average Bonchev–Trinajstić information content (AvgIpc) is 2.43. The molecule has 0 spiro atoms. The second kappa shape index (κ2) is 7.11. The molecule has 5 heteroatoms. The van der Waals surface area contributed by atoms with E-state index in [1.165, 1.54) is 0 Å². The van der Waals surface area contributed by atoms with E-state index < -0.39 is 5.97 Å². The molecule has 0 radical (unpaired) electrons. The normalized spacial score (nSPS) is 21.6. The molecular weight excluding hydrogens is 268 g/mol. The number of benzene rings is 1. The van der Waals surface area contributed by atoms with E-state index in [0.717, 1.165) is 31.6 Å². The fourth-order valence-corrected chi connectivity index (χ4v) is 2.71. The van der Waals surface area contributed by atoms with Gasteiger partial charge in [0.05, 0.1) is 6.42 Å². The van der Waals surface area contributed by atoms with Gasteiger partial charge in [-0.1, -0.05) is 25.1 Å². The molecule has 0 aromatic heterocycles. The molecule has 0 saturated heterocycles. The Morgan fingerprint density at radius 1 is 1.19 bits per heavy atom. The quantitative estimate of drug-likeness (QED) is 0.797. The Bertz CT molecular complexity index is 508. The van der Waals surface area contributed by atoms with Gasteiger partial charge in [-0.05, 0) is 43.2 Å². The Morgan fingerprint density at radius 2 is 1.86 bits per heavy atom. The maximum absolute atomic E-state index is 12.0. The molecule has 1 fully saturated rings. The summed E-state index contributed by atoms with van der Waals surface area (Å²) >= 11 is 0. The average molecular weight is 290 g/mol. The maximum atomic E-state index is 12.0. The second-order valence-electron chi connectivity index (χ2n) is 5.78. The van der Waals surface area contributed by atoms with Crippen molar-refractivity contribution >= 4 is 17.7 Å². The van der Waals surface area contributed by atoms with Crippen LogP contribution in [0.25, 0.3) is 0 Å². The van der Waals surface area contributed by atoms with E-state index in [1.54, 1.807) is 24.3 Å². The molecule has 1 aliphatic carbocycles. The molecule has 0 bridgehead atoms. The van der Waals surface area contributed by atoms with E-state index in [4.69, 9.17) is 5.11 Å². The summed E-state index contributed by atoms with van der Waals surface area (Å²) in [5, 5.41) is 14.6. The second-order valence-corrected chi connectivity index (χ2v) is 5.78. The molecule has 0 heterocycles. The van der Waals surface area contributed by atoms with Crippen LogP contribution in [-0.2, 0) is 11.2 Å². The number of para-hydroxylation sites is 1. The van der Waals surface area contributed by atoms with Crippen LogP contribution >= 0.6 is 0 Å². The van der Waals surface area contributed by atoms with Gasteiger partial charge >= 0.3 is 12.0 Å².